The van der Waals surface area contributed by atoms with Crippen LogP contribution in [-0.4, -0.2) is 11.7 Å². The van der Waals surface area contributed by atoms with Crippen molar-refractivity contribution in [2.75, 3.05) is 7.11 Å². The van der Waals surface area contributed by atoms with E-state index in [1.54, 1.807) is 24.7 Å². The minimum Gasteiger partial charge on any atom is -0.497 e. The Balaban J connectivity index is 2.15. The monoisotopic (exact) mass is 342 g/mol. The predicted molar refractivity (Wildman–Crippen MR) is 97.8 cm³/mol. The Morgan fingerprint density at radius 2 is 2.04 bits per heavy atom. The first kappa shape index (κ1) is 16.6. The molecule has 1 aromatic carbocycles. The summed E-state index contributed by atoms with van der Waals surface area (Å²) in [7, 11) is 1.67. The molecule has 5 heteroatoms. The predicted octanol–water partition coefficient (Wildman–Crippen LogP) is 5.41. The zero-order valence-corrected chi connectivity index (χ0v) is 15.0. The van der Waals surface area contributed by atoms with Crippen molar-refractivity contribution < 1.29 is 9.15 Å². The zero-order chi connectivity index (χ0) is 16.9. The number of hydrogen-bond acceptors (Lipinski definition) is 4. The third-order valence-corrected chi connectivity index (χ3v) is 4.94. The summed E-state index contributed by atoms with van der Waals surface area (Å²) in [5.41, 5.74) is 1.97. The summed E-state index contributed by atoms with van der Waals surface area (Å²) in [6.45, 7) is 4.42. The van der Waals surface area contributed by atoms with Crippen LogP contribution in [0.25, 0.3) is 11.5 Å². The van der Waals surface area contributed by atoms with Gasteiger partial charge in [-0.05, 0) is 37.1 Å². The van der Waals surface area contributed by atoms with Crippen molar-refractivity contribution in [3.8, 4) is 17.2 Å². The highest BCUT2D eigenvalue weighted by Gasteiger charge is 2.16. The minimum absolute atomic E-state index is 0.390. The van der Waals surface area contributed by atoms with Crippen molar-refractivity contribution in [3.05, 3.63) is 52.8 Å². The molecule has 0 atom stereocenters. The van der Waals surface area contributed by atoms with Crippen LogP contribution in [0.15, 0.2) is 57.5 Å². The number of furan rings is 1. The van der Waals surface area contributed by atoms with Crippen molar-refractivity contribution in [2.24, 2.45) is 4.99 Å². The molecule has 0 N–H and O–H groups in total. The number of ether oxygens (including phenoxy) is 1. The number of nitrogens with zero attached hydrogens (tertiary/aromatic N) is 2. The van der Waals surface area contributed by atoms with Gasteiger partial charge >= 0.3 is 0 Å². The van der Waals surface area contributed by atoms with E-state index in [9.17, 15) is 0 Å². The average Bonchev–Trinajstić information content (AvgIpc) is 3.27. The Kier molecular flexibility index (Phi) is 5.20. The number of hydrogen-bond donors (Lipinski definition) is 0. The maximum Gasteiger partial charge on any atom is 0.190 e. The van der Waals surface area contributed by atoms with E-state index in [2.05, 4.69) is 23.8 Å². The molecule has 2 heterocycles. The second kappa shape index (κ2) is 7.53. The van der Waals surface area contributed by atoms with Gasteiger partial charge in [-0.25, -0.2) is 4.99 Å². The summed E-state index contributed by atoms with van der Waals surface area (Å²) >= 11 is 1.64. The van der Waals surface area contributed by atoms with E-state index in [4.69, 9.17) is 14.1 Å². The quantitative estimate of drug-likeness (QED) is 0.601. The molecular weight excluding hydrogens is 320 g/mol. The first-order chi connectivity index (χ1) is 11.8. The minimum atomic E-state index is 0.390. The molecule has 0 saturated heterocycles. The molecule has 3 aromatic rings. The summed E-state index contributed by atoms with van der Waals surface area (Å²) in [6.07, 6.45) is 3.81. The van der Waals surface area contributed by atoms with E-state index in [1.807, 2.05) is 36.4 Å². The molecule has 126 valence electrons. The number of aromatic nitrogens is 1. The van der Waals surface area contributed by atoms with Crippen molar-refractivity contribution in [1.82, 2.24) is 4.57 Å². The van der Waals surface area contributed by atoms with Crippen molar-refractivity contribution >= 4 is 17.0 Å². The van der Waals surface area contributed by atoms with E-state index in [0.29, 0.717) is 6.04 Å². The largest absolute Gasteiger partial charge is 0.497 e. The lowest BCUT2D eigenvalue weighted by atomic mass is 10.1. The standard InChI is InChI=1S/C19H22N2O2S/c1-4-15(5-2)21-17(18-10-7-11-23-18)13-24-19(21)20-14-8-6-9-16(12-14)22-3/h6-13,15H,4-5H2,1-3H3. The van der Waals surface area contributed by atoms with Crippen LogP contribution in [0.2, 0.25) is 0 Å². The maximum absolute atomic E-state index is 5.62. The van der Waals surface area contributed by atoms with Gasteiger partial charge in [0.2, 0.25) is 0 Å². The van der Waals surface area contributed by atoms with Gasteiger partial charge in [-0.2, -0.15) is 0 Å². The van der Waals surface area contributed by atoms with Crippen LogP contribution in [0.3, 0.4) is 0 Å². The lowest BCUT2D eigenvalue weighted by Crippen LogP contribution is -2.20. The van der Waals surface area contributed by atoms with E-state index >= 15 is 0 Å². The van der Waals surface area contributed by atoms with Gasteiger partial charge < -0.3 is 13.7 Å². The number of methoxy groups -OCH3 is 1. The summed E-state index contributed by atoms with van der Waals surface area (Å²) < 4.78 is 13.2. The molecule has 0 aliphatic rings. The van der Waals surface area contributed by atoms with Gasteiger partial charge in [0.05, 0.1) is 24.8 Å². The van der Waals surface area contributed by atoms with Gasteiger partial charge in [-0.3, -0.25) is 0 Å². The first-order valence-corrected chi connectivity index (χ1v) is 9.07. The molecule has 0 unspecified atom stereocenters. The zero-order valence-electron chi connectivity index (χ0n) is 14.2. The number of benzene rings is 1. The van der Waals surface area contributed by atoms with Crippen LogP contribution in [0, 0.1) is 0 Å². The lowest BCUT2D eigenvalue weighted by Gasteiger charge is -2.17. The number of thiazole rings is 1. The maximum atomic E-state index is 5.62. The highest BCUT2D eigenvalue weighted by atomic mass is 32.1. The molecule has 3 rings (SSSR count). The lowest BCUT2D eigenvalue weighted by molar-refractivity contribution is 0.415. The van der Waals surface area contributed by atoms with Crippen LogP contribution in [-0.2, 0) is 0 Å². The average molecular weight is 342 g/mol. The normalized spacial score (nSPS) is 12.1. The van der Waals surface area contributed by atoms with E-state index in [1.165, 1.54) is 0 Å². The molecule has 0 amide bonds. The third kappa shape index (κ3) is 3.31. The Hall–Kier alpha value is -2.27. The summed E-state index contributed by atoms with van der Waals surface area (Å²) in [5, 5.41) is 2.12. The second-order valence-corrected chi connectivity index (χ2v) is 6.37. The highest BCUT2D eigenvalue weighted by molar-refractivity contribution is 7.07. The summed E-state index contributed by atoms with van der Waals surface area (Å²) in [5.74, 6) is 1.69. The van der Waals surface area contributed by atoms with Crippen molar-refractivity contribution in [3.63, 3.8) is 0 Å². The second-order valence-electron chi connectivity index (χ2n) is 5.53. The fraction of sp³-hybridized carbons (Fsp3) is 0.316. The van der Waals surface area contributed by atoms with Crippen molar-refractivity contribution in [2.45, 2.75) is 32.7 Å². The van der Waals surface area contributed by atoms with Crippen LogP contribution >= 0.6 is 11.3 Å². The molecule has 24 heavy (non-hydrogen) atoms. The topological polar surface area (TPSA) is 39.7 Å². The van der Waals surface area contributed by atoms with E-state index < -0.39 is 0 Å². The fourth-order valence-electron chi connectivity index (χ4n) is 2.80. The van der Waals surface area contributed by atoms with Gasteiger partial charge in [0.25, 0.3) is 0 Å². The number of rotatable bonds is 6. The van der Waals surface area contributed by atoms with Crippen molar-refractivity contribution in [1.29, 1.82) is 0 Å². The van der Waals surface area contributed by atoms with E-state index in [-0.39, 0.29) is 0 Å². The molecule has 0 aliphatic carbocycles. The molecule has 0 spiro atoms. The molecule has 0 aliphatic heterocycles. The molecule has 0 bridgehead atoms. The SMILES string of the molecule is CCC(CC)n1c(-c2ccco2)csc1=Nc1cccc(OC)c1. The molecule has 2 aromatic heterocycles. The third-order valence-electron chi connectivity index (χ3n) is 4.10. The summed E-state index contributed by atoms with van der Waals surface area (Å²) in [6, 6.07) is 12.1. The van der Waals surface area contributed by atoms with Crippen LogP contribution in [0.4, 0.5) is 5.69 Å². The highest BCUT2D eigenvalue weighted by Crippen LogP contribution is 2.27. The van der Waals surface area contributed by atoms with Gasteiger partial charge in [0, 0.05) is 17.5 Å². The molecule has 4 nitrogen and oxygen atoms in total. The smallest absolute Gasteiger partial charge is 0.190 e. The van der Waals surface area contributed by atoms with Gasteiger partial charge in [-0.15, -0.1) is 11.3 Å². The fourth-order valence-corrected chi connectivity index (χ4v) is 3.77. The van der Waals surface area contributed by atoms with Gasteiger partial charge in [0.15, 0.2) is 10.6 Å². The van der Waals surface area contributed by atoms with Gasteiger partial charge in [0.1, 0.15) is 5.75 Å². The Labute approximate surface area is 146 Å². The first-order valence-electron chi connectivity index (χ1n) is 8.19. The van der Waals surface area contributed by atoms with Crippen LogP contribution in [0.5, 0.6) is 5.75 Å². The van der Waals surface area contributed by atoms with Crippen LogP contribution < -0.4 is 9.54 Å². The van der Waals surface area contributed by atoms with E-state index in [0.717, 1.165) is 40.5 Å². The molecule has 0 fully saturated rings. The van der Waals surface area contributed by atoms with Crippen LogP contribution in [0.1, 0.15) is 32.7 Å². The van der Waals surface area contributed by atoms with Gasteiger partial charge in [-0.1, -0.05) is 19.9 Å². The Bertz CT molecular complexity index is 842. The molecular formula is C19H22N2O2S. The Morgan fingerprint density at radius 3 is 2.71 bits per heavy atom. The summed E-state index contributed by atoms with van der Waals surface area (Å²) in [4.78, 5) is 5.83. The molecule has 0 radical (unpaired) electrons. The molecule has 0 saturated carbocycles. The Morgan fingerprint density at radius 1 is 1.21 bits per heavy atom.